The third kappa shape index (κ3) is 7.53. The molecule has 0 aliphatic rings. The molecule has 0 aromatic rings. The van der Waals surface area contributed by atoms with E-state index >= 15 is 0 Å². The first-order valence-electron chi connectivity index (χ1n) is 5.87. The van der Waals surface area contributed by atoms with Gasteiger partial charge in [0.25, 0.3) is 0 Å². The Morgan fingerprint density at radius 3 is 1.10 bits per heavy atom. The summed E-state index contributed by atoms with van der Waals surface area (Å²) in [6.45, 7) is 12.6. The van der Waals surface area contributed by atoms with Gasteiger partial charge in [-0.05, 0) is 0 Å². The summed E-state index contributed by atoms with van der Waals surface area (Å²) in [5.74, 6) is 0. The van der Waals surface area contributed by atoms with E-state index < -0.39 is 48.9 Å². The van der Waals surface area contributed by atoms with Gasteiger partial charge in [0, 0.05) is 0 Å². The number of halogens is 6. The van der Waals surface area contributed by atoms with Crippen LogP contribution >= 0.6 is 59.1 Å². The first-order chi connectivity index (χ1) is 9.09. The van der Waals surface area contributed by atoms with E-state index in [0.29, 0.717) is 0 Å². The molecule has 11 heteroatoms. The molecule has 0 aromatic carbocycles. The molecular weight excluding hydrogens is 660 g/mol. The van der Waals surface area contributed by atoms with Crippen molar-refractivity contribution in [2.75, 3.05) is 0 Å². The van der Waals surface area contributed by atoms with Crippen molar-refractivity contribution in [3.05, 3.63) is 17.6 Å². The first-order valence-corrected chi connectivity index (χ1v) is 29.8. The zero-order valence-electron chi connectivity index (χ0n) is 12.6. The van der Waals surface area contributed by atoms with Crippen molar-refractivity contribution in [1.29, 1.82) is 0 Å². The predicted molar refractivity (Wildman–Crippen MR) is 111 cm³/mol. The van der Waals surface area contributed by atoms with Crippen molar-refractivity contribution in [1.82, 2.24) is 0 Å². The summed E-state index contributed by atoms with van der Waals surface area (Å²) in [7, 11) is 22.6. The van der Waals surface area contributed by atoms with Crippen LogP contribution in [0.3, 0.4) is 0 Å². The fourth-order valence-corrected chi connectivity index (χ4v) is 70.5. The maximum atomic E-state index is 6.56. The topological polar surface area (TPSA) is 9.23 Å². The van der Waals surface area contributed by atoms with E-state index in [1.165, 1.54) is 11.1 Å². The zero-order chi connectivity index (χ0) is 17.3. The molecule has 0 unspecified atom stereocenters. The van der Waals surface area contributed by atoms with E-state index in [0.717, 1.165) is 6.49 Å². The van der Waals surface area contributed by atoms with Crippen molar-refractivity contribution in [3.63, 3.8) is 0 Å². The van der Waals surface area contributed by atoms with Crippen LogP contribution in [-0.2, 0) is 1.47 Å². The van der Waals surface area contributed by atoms with Crippen LogP contribution in [0.1, 0.15) is 0 Å². The van der Waals surface area contributed by atoms with Crippen LogP contribution in [0.25, 0.3) is 0 Å². The molecule has 0 N–H and O–H groups in total. The third-order valence-corrected chi connectivity index (χ3v) is 49.9. The fraction of sp³-hybridized carbons (Fsp3) is 0.600. The Bertz CT molecular complexity index is 400. The quantitative estimate of drug-likeness (QED) is 0.277. The van der Waals surface area contributed by atoms with Crippen molar-refractivity contribution in [2.24, 2.45) is 0 Å². The second-order valence-corrected chi connectivity index (χ2v) is 43.2. The normalized spacial score (nSPS) is 17.9. The summed E-state index contributed by atoms with van der Waals surface area (Å²) in [6.07, 6.45) is 0. The van der Waals surface area contributed by atoms with Crippen LogP contribution in [0.2, 0.25) is 39.3 Å². The predicted octanol–water partition coefficient (Wildman–Crippen LogP) is 6.91. The maximum absolute atomic E-state index is 6.56. The molecule has 0 fully saturated rings. The van der Waals surface area contributed by atoms with Crippen LogP contribution in [0.15, 0.2) is 17.6 Å². The molecule has 0 aliphatic carbocycles. The third-order valence-electron chi connectivity index (χ3n) is 2.36. The standard InChI is InChI=1S/C10H20Cl6OSi2Te2/c1-18(2,3)9(7-11)20(13,14)17-21(15,16)10(8-12)19(4,5)6/h7-8H,1-6H3/b9-7-,10-8-. The van der Waals surface area contributed by atoms with E-state index in [-0.39, 0.29) is 0 Å². The number of hydrogen-bond acceptors (Lipinski definition) is 1. The second kappa shape index (κ2) is 8.72. The van der Waals surface area contributed by atoms with Gasteiger partial charge in [-0.15, -0.1) is 0 Å². The summed E-state index contributed by atoms with van der Waals surface area (Å²) in [5, 5.41) is 0. The zero-order valence-corrected chi connectivity index (χ0v) is 23.8. The van der Waals surface area contributed by atoms with Crippen LogP contribution in [0.4, 0.5) is 0 Å². The van der Waals surface area contributed by atoms with Gasteiger partial charge in [-0.25, -0.2) is 0 Å². The van der Waals surface area contributed by atoms with Crippen molar-refractivity contribution in [3.8, 4) is 0 Å². The van der Waals surface area contributed by atoms with Gasteiger partial charge in [0.15, 0.2) is 0 Å². The molecule has 21 heavy (non-hydrogen) atoms. The molecule has 1 nitrogen and oxygen atoms in total. The second-order valence-electron chi connectivity index (χ2n) is 6.36. The summed E-state index contributed by atoms with van der Waals surface area (Å²) in [4.78, 5) is 0. The Hall–Kier alpha value is 3.19. The first kappa shape index (κ1) is 24.2. The van der Waals surface area contributed by atoms with Gasteiger partial charge in [-0.3, -0.25) is 0 Å². The molecule has 0 aromatic heterocycles. The van der Waals surface area contributed by atoms with Gasteiger partial charge in [0.2, 0.25) is 0 Å². The SMILES string of the molecule is C[Si](C)(C)/C(=C/Cl)[Te](Cl)(Cl)O[Te](Cl)(Cl)/C(=C\Cl)[Si](C)(C)C. The number of rotatable bonds is 6. The van der Waals surface area contributed by atoms with Gasteiger partial charge in [-0.2, -0.15) is 0 Å². The Morgan fingerprint density at radius 1 is 0.714 bits per heavy atom. The average Bonchev–Trinajstić information content (AvgIpc) is 2.10. The van der Waals surface area contributed by atoms with Gasteiger partial charge < -0.3 is 0 Å². The Kier molecular flexibility index (Phi) is 10.0. The van der Waals surface area contributed by atoms with Crippen molar-refractivity contribution < 1.29 is 1.47 Å². The fourth-order valence-electron chi connectivity index (χ4n) is 1.32. The van der Waals surface area contributed by atoms with Crippen LogP contribution in [0, 0.1) is 0 Å². The Balaban J connectivity index is 5.63. The number of hydrogen-bond donors (Lipinski definition) is 0. The van der Waals surface area contributed by atoms with E-state index in [1.54, 1.807) is 0 Å². The molecule has 128 valence electrons. The Labute approximate surface area is 163 Å². The molecule has 0 aliphatic heterocycles. The van der Waals surface area contributed by atoms with Crippen LogP contribution in [0.5, 0.6) is 0 Å². The van der Waals surface area contributed by atoms with E-state index in [1.807, 2.05) is 0 Å². The molecule has 0 saturated heterocycles. The summed E-state index contributed by atoms with van der Waals surface area (Å²) < 4.78 is 7.62. The summed E-state index contributed by atoms with van der Waals surface area (Å²) in [6, 6.07) is 0. The van der Waals surface area contributed by atoms with Gasteiger partial charge in [0.1, 0.15) is 0 Å². The summed E-state index contributed by atoms with van der Waals surface area (Å²) >= 11 is 4.11. The van der Waals surface area contributed by atoms with E-state index in [4.69, 9.17) is 60.5 Å². The molecule has 0 rings (SSSR count). The minimum atomic E-state index is -3.89. The van der Waals surface area contributed by atoms with E-state index in [9.17, 15) is 0 Å². The molecular formula is C10H20Cl6OSi2Te2. The van der Waals surface area contributed by atoms with Crippen LogP contribution < -0.4 is 0 Å². The average molecular weight is 680 g/mol. The summed E-state index contributed by atoms with van der Waals surface area (Å²) in [5.41, 5.74) is 2.91. The molecule has 0 saturated carbocycles. The van der Waals surface area contributed by atoms with Crippen LogP contribution in [-0.4, -0.2) is 48.9 Å². The minimum absolute atomic E-state index is 0.816. The monoisotopic (exact) mass is 682 g/mol. The van der Waals surface area contributed by atoms with E-state index in [2.05, 4.69) is 39.3 Å². The van der Waals surface area contributed by atoms with Gasteiger partial charge >= 0.3 is 166 Å². The molecule has 0 spiro atoms. The molecule has 0 bridgehead atoms. The van der Waals surface area contributed by atoms with Crippen molar-refractivity contribution >= 4 is 108 Å². The van der Waals surface area contributed by atoms with Gasteiger partial charge in [0.05, 0.1) is 0 Å². The molecule has 0 radical (unpaired) electrons. The molecule has 0 atom stereocenters. The van der Waals surface area contributed by atoms with Gasteiger partial charge in [-0.1, -0.05) is 0 Å². The molecule has 0 heterocycles. The van der Waals surface area contributed by atoms with Crippen molar-refractivity contribution in [2.45, 2.75) is 39.3 Å². The molecule has 0 amide bonds. The Morgan fingerprint density at radius 2 is 0.952 bits per heavy atom.